The van der Waals surface area contributed by atoms with E-state index < -0.39 is 65.8 Å². The fraction of sp³-hybridized carbons (Fsp3) is 0.293. The normalized spacial score (nSPS) is 25.5. The highest BCUT2D eigenvalue weighted by Gasteiger charge is 2.68. The van der Waals surface area contributed by atoms with Gasteiger partial charge in [-0.05, 0) is 91.5 Å². The van der Waals surface area contributed by atoms with Gasteiger partial charge in [-0.15, -0.1) is 11.3 Å². The molecule has 4 heterocycles. The van der Waals surface area contributed by atoms with Crippen LogP contribution in [0.5, 0.6) is 11.5 Å². The van der Waals surface area contributed by atoms with Gasteiger partial charge in [-0.25, -0.2) is 4.90 Å². The Morgan fingerprint density at radius 1 is 1.00 bits per heavy atom. The predicted octanol–water partition coefficient (Wildman–Crippen LogP) is 5.86. The average Bonchev–Trinajstić information content (AvgIpc) is 3.85. The van der Waals surface area contributed by atoms with E-state index in [1.165, 1.54) is 40.2 Å². The molecule has 57 heavy (non-hydrogen) atoms. The Kier molecular flexibility index (Phi) is 8.87. The van der Waals surface area contributed by atoms with Gasteiger partial charge in [0.25, 0.3) is 0 Å². The van der Waals surface area contributed by atoms with Gasteiger partial charge < -0.3 is 19.9 Å². The van der Waals surface area contributed by atoms with Crippen LogP contribution in [0.25, 0.3) is 20.7 Å². The van der Waals surface area contributed by atoms with E-state index in [0.29, 0.717) is 26.3 Å². The number of aryl methyl sites for hydroxylation is 2. The molecule has 2 aliphatic carbocycles. The Labute approximate surface area is 344 Å². The first-order valence-corrected chi connectivity index (χ1v) is 20.4. The second-order valence-electron chi connectivity index (χ2n) is 15.4. The highest BCUT2D eigenvalue weighted by molar-refractivity contribution is 9.10. The molecule has 2 aliphatic heterocycles. The molecule has 0 spiro atoms. The second-order valence-corrected chi connectivity index (χ2v) is 17.8. The number of allylic oxidation sites excluding steroid dienone is 2. The van der Waals surface area contributed by atoms with Crippen LogP contribution in [-0.2, 0) is 26.2 Å². The summed E-state index contributed by atoms with van der Waals surface area (Å²) in [6, 6.07) is 16.7. The van der Waals surface area contributed by atoms with Crippen LogP contribution in [0, 0.1) is 36.0 Å². The zero-order valence-electron chi connectivity index (χ0n) is 31.1. The first-order valence-electron chi connectivity index (χ1n) is 18.4. The number of benzene rings is 3. The second kappa shape index (κ2) is 13.4. The molecular formula is C41H35BBrClN4O8S. The summed E-state index contributed by atoms with van der Waals surface area (Å²) in [6.45, 7) is 3.73. The number of anilines is 2. The van der Waals surface area contributed by atoms with Gasteiger partial charge in [0.1, 0.15) is 11.5 Å². The van der Waals surface area contributed by atoms with Gasteiger partial charge in [0.15, 0.2) is 11.5 Å². The van der Waals surface area contributed by atoms with Crippen LogP contribution in [0.3, 0.4) is 0 Å². The third-order valence-electron chi connectivity index (χ3n) is 12.5. The first kappa shape index (κ1) is 37.8. The number of amides is 4. The molecule has 0 radical (unpaired) electrons. The molecule has 6 atom stereocenters. The fourth-order valence-corrected chi connectivity index (χ4v) is 11.6. The van der Waals surface area contributed by atoms with E-state index in [4.69, 9.17) is 21.4 Å². The Bertz CT molecular complexity index is 2640. The zero-order chi connectivity index (χ0) is 40.4. The number of methoxy groups -OCH3 is 1. The molecule has 12 nitrogen and oxygen atoms in total. The van der Waals surface area contributed by atoms with E-state index in [0.717, 1.165) is 25.4 Å². The van der Waals surface area contributed by atoms with Gasteiger partial charge in [-0.3, -0.25) is 28.8 Å². The van der Waals surface area contributed by atoms with Crippen molar-refractivity contribution < 1.29 is 39.1 Å². The largest absolute Gasteiger partial charge is 0.504 e. The van der Waals surface area contributed by atoms with E-state index in [2.05, 4.69) is 15.9 Å². The number of phenols is 1. The number of ether oxygens (including phenoxy) is 1. The van der Waals surface area contributed by atoms with Gasteiger partial charge in [-0.2, -0.15) is 5.10 Å². The zero-order valence-corrected chi connectivity index (χ0v) is 34.2. The lowest BCUT2D eigenvalue weighted by molar-refractivity contribution is -0.131. The van der Waals surface area contributed by atoms with Crippen LogP contribution in [0.2, 0.25) is 5.02 Å². The Morgan fingerprint density at radius 2 is 1.77 bits per heavy atom. The maximum absolute atomic E-state index is 15.2. The van der Waals surface area contributed by atoms with Crippen molar-refractivity contribution in [3.8, 4) is 22.1 Å². The maximum atomic E-state index is 15.2. The van der Waals surface area contributed by atoms with E-state index in [-0.39, 0.29) is 41.3 Å². The average molecular weight is 870 g/mol. The summed E-state index contributed by atoms with van der Waals surface area (Å²) in [5, 5.41) is 37.8. The van der Waals surface area contributed by atoms with E-state index in [1.807, 2.05) is 31.2 Å². The standard InChI is InChI=1S/C41H35BBrClN4O8S/c1-18-25-15-21(44)8-11-31(25)57-36(18)29-17-32(46(3)45-29)48-38(51)28-16-26-23(34(41(28,2)40(48)53)27-13-20(43)14-30(56-4)35(27)49)9-10-24-33(26)39(52)47(37(24)50)22-7-5-6-19(12-22)42(54)55/h5-9,11-15,17,24,26,28,33-34,49,54-55H,10,16H2,1-4H3. The number of phenolic OH excluding ortho intramolecular Hbond substituents is 1. The van der Waals surface area contributed by atoms with E-state index >= 15 is 4.79 Å². The summed E-state index contributed by atoms with van der Waals surface area (Å²) in [5.41, 5.74) is 1.46. The van der Waals surface area contributed by atoms with Crippen molar-refractivity contribution in [1.82, 2.24) is 9.78 Å². The topological polar surface area (TPSA) is 162 Å². The number of halogens is 2. The van der Waals surface area contributed by atoms with Gasteiger partial charge in [0.2, 0.25) is 23.6 Å². The molecule has 6 unspecified atom stereocenters. The SMILES string of the molecule is COc1cc(Br)cc(C2C3=CCC4C(=O)N(c5cccc(B(O)O)c5)C(=O)C4C3CC3C(=O)N(c4cc(-c5sc6ccc(Cl)cc6c5C)nn4C)C(=O)C32C)c1O. The number of carbonyl (C=O) groups excluding carboxylic acids is 4. The number of hydrogen-bond donors (Lipinski definition) is 3. The quantitative estimate of drug-likeness (QED) is 0.108. The van der Waals surface area contributed by atoms with Crippen molar-refractivity contribution in [3.05, 3.63) is 92.9 Å². The summed E-state index contributed by atoms with van der Waals surface area (Å²) in [5.74, 6) is -5.79. The molecule has 3 aromatic carbocycles. The van der Waals surface area contributed by atoms with Gasteiger partial charge in [0, 0.05) is 38.8 Å². The molecular weight excluding hydrogens is 835 g/mol. The lowest BCUT2D eigenvalue weighted by atomic mass is 9.51. The molecule has 5 aromatic rings. The minimum Gasteiger partial charge on any atom is -0.504 e. The van der Waals surface area contributed by atoms with Gasteiger partial charge in [0.05, 0.1) is 40.8 Å². The summed E-state index contributed by atoms with van der Waals surface area (Å²) >= 11 is 11.4. The summed E-state index contributed by atoms with van der Waals surface area (Å²) < 4.78 is 8.65. The molecule has 9 rings (SSSR count). The Balaban J connectivity index is 1.17. The minimum atomic E-state index is -1.81. The predicted molar refractivity (Wildman–Crippen MR) is 220 cm³/mol. The maximum Gasteiger partial charge on any atom is 0.488 e. The summed E-state index contributed by atoms with van der Waals surface area (Å²) in [4.78, 5) is 62.0. The molecule has 1 saturated carbocycles. The third kappa shape index (κ3) is 5.42. The first-order chi connectivity index (χ1) is 27.1. The van der Waals surface area contributed by atoms with Crippen molar-refractivity contribution in [1.29, 1.82) is 0 Å². The van der Waals surface area contributed by atoms with Crippen LogP contribution in [0.4, 0.5) is 11.5 Å². The molecule has 290 valence electrons. The Hall–Kier alpha value is -4.80. The molecule has 0 bridgehead atoms. The van der Waals surface area contributed by atoms with Crippen molar-refractivity contribution in [2.75, 3.05) is 16.9 Å². The molecule has 16 heteroatoms. The van der Waals surface area contributed by atoms with Crippen molar-refractivity contribution >= 4 is 96.7 Å². The highest BCUT2D eigenvalue weighted by atomic mass is 79.9. The number of aromatic nitrogens is 2. The van der Waals surface area contributed by atoms with Crippen molar-refractivity contribution in [2.45, 2.75) is 32.6 Å². The lowest BCUT2D eigenvalue weighted by Gasteiger charge is -2.49. The molecule has 3 N–H and O–H groups in total. The number of aromatic hydroxyl groups is 1. The number of hydrogen-bond acceptors (Lipinski definition) is 10. The highest BCUT2D eigenvalue weighted by Crippen LogP contribution is 2.65. The third-order valence-corrected chi connectivity index (χ3v) is 14.5. The van der Waals surface area contributed by atoms with Crippen LogP contribution in [0.1, 0.15) is 36.8 Å². The van der Waals surface area contributed by atoms with E-state index in [1.54, 1.807) is 44.3 Å². The molecule has 2 aromatic heterocycles. The number of fused-ring (bicyclic) bond motifs is 5. The Morgan fingerprint density at radius 3 is 2.51 bits per heavy atom. The van der Waals surface area contributed by atoms with Crippen LogP contribution in [0.15, 0.2) is 76.8 Å². The van der Waals surface area contributed by atoms with Crippen LogP contribution in [-0.4, -0.2) is 62.8 Å². The monoisotopic (exact) mass is 868 g/mol. The minimum absolute atomic E-state index is 0.0934. The fourth-order valence-electron chi connectivity index (χ4n) is 9.84. The molecule has 3 fully saturated rings. The van der Waals surface area contributed by atoms with Gasteiger partial charge >= 0.3 is 7.12 Å². The number of thiophene rings is 1. The molecule has 4 aliphatic rings. The lowest BCUT2D eigenvalue weighted by Crippen LogP contribution is -2.49. The number of rotatable bonds is 6. The number of nitrogens with zero attached hydrogens (tertiary/aromatic N) is 4. The summed E-state index contributed by atoms with van der Waals surface area (Å²) in [7, 11) is 1.29. The number of carbonyl (C=O) groups is 4. The van der Waals surface area contributed by atoms with Crippen LogP contribution < -0.4 is 20.0 Å². The van der Waals surface area contributed by atoms with Crippen molar-refractivity contribution in [2.24, 2.45) is 36.1 Å². The van der Waals surface area contributed by atoms with Crippen molar-refractivity contribution in [3.63, 3.8) is 0 Å². The van der Waals surface area contributed by atoms with Crippen LogP contribution >= 0.6 is 38.9 Å². The smallest absolute Gasteiger partial charge is 0.488 e. The van der Waals surface area contributed by atoms with Gasteiger partial charge in [-0.1, -0.05) is 51.3 Å². The molecule has 2 saturated heterocycles. The summed E-state index contributed by atoms with van der Waals surface area (Å²) in [6.07, 6.45) is 2.17. The molecule has 4 amide bonds. The number of imide groups is 2. The van der Waals surface area contributed by atoms with E-state index in [9.17, 15) is 29.5 Å².